The minimum Gasteiger partial charge on any atom is -0.382 e. The average Bonchev–Trinajstić information content (AvgIpc) is 2.58. The van der Waals surface area contributed by atoms with Gasteiger partial charge in [0.25, 0.3) is 0 Å². The first-order valence-corrected chi connectivity index (χ1v) is 8.92. The fourth-order valence-electron chi connectivity index (χ4n) is 3.72. The third-order valence-corrected chi connectivity index (χ3v) is 5.24. The highest BCUT2D eigenvalue weighted by molar-refractivity contribution is 6.30. The van der Waals surface area contributed by atoms with Crippen LogP contribution in [0.5, 0.6) is 0 Å². The molecule has 1 saturated carbocycles. The highest BCUT2D eigenvalue weighted by Crippen LogP contribution is 2.40. The minimum atomic E-state index is 0.0793. The van der Waals surface area contributed by atoms with Crippen molar-refractivity contribution in [3.63, 3.8) is 0 Å². The number of ether oxygens (including phenoxy) is 2. The van der Waals surface area contributed by atoms with E-state index in [2.05, 4.69) is 16.3 Å². The van der Waals surface area contributed by atoms with Crippen LogP contribution in [-0.2, 0) is 9.47 Å². The first-order chi connectivity index (χ1) is 11.7. The maximum absolute atomic E-state index is 9.31. The SMILES string of the molecule is CCOC1CC(CNc2ccc(Cl)cc2C#N)(N2CCOCC2)C1. The Morgan fingerprint density at radius 1 is 1.42 bits per heavy atom. The lowest BCUT2D eigenvalue weighted by atomic mass is 9.72. The normalized spacial score (nSPS) is 27.3. The van der Waals surface area contributed by atoms with Crippen LogP contribution in [0.2, 0.25) is 5.02 Å². The van der Waals surface area contributed by atoms with Gasteiger partial charge in [-0.25, -0.2) is 0 Å². The summed E-state index contributed by atoms with van der Waals surface area (Å²) in [5, 5.41) is 13.4. The molecule has 1 aromatic rings. The van der Waals surface area contributed by atoms with Crippen molar-refractivity contribution in [1.82, 2.24) is 4.90 Å². The van der Waals surface area contributed by atoms with Crippen molar-refractivity contribution in [3.05, 3.63) is 28.8 Å². The van der Waals surface area contributed by atoms with E-state index in [0.29, 0.717) is 16.7 Å². The number of halogens is 1. The maximum Gasteiger partial charge on any atom is 0.101 e. The lowest BCUT2D eigenvalue weighted by Crippen LogP contribution is -2.65. The van der Waals surface area contributed by atoms with Crippen LogP contribution in [0.1, 0.15) is 25.3 Å². The molecule has 1 aliphatic heterocycles. The standard InChI is InChI=1S/C18H24ClN3O2/c1-2-24-16-10-18(11-16,22-5-7-23-8-6-22)13-21-17-4-3-15(19)9-14(17)12-20/h3-4,9,16,21H,2,5-8,10-11,13H2,1H3. The number of nitrogens with zero attached hydrogens (tertiary/aromatic N) is 2. The van der Waals surface area contributed by atoms with Crippen LogP contribution in [0.15, 0.2) is 18.2 Å². The number of hydrogen-bond acceptors (Lipinski definition) is 5. The molecule has 6 heteroatoms. The number of anilines is 1. The molecule has 3 rings (SSSR count). The number of nitriles is 1. The molecule has 0 unspecified atom stereocenters. The Kier molecular flexibility index (Phi) is 5.62. The van der Waals surface area contributed by atoms with Crippen molar-refractivity contribution in [2.75, 3.05) is 44.8 Å². The molecule has 24 heavy (non-hydrogen) atoms. The smallest absolute Gasteiger partial charge is 0.101 e. The van der Waals surface area contributed by atoms with Crippen LogP contribution in [0.4, 0.5) is 5.69 Å². The molecule has 0 bridgehead atoms. The van der Waals surface area contributed by atoms with E-state index in [-0.39, 0.29) is 5.54 Å². The summed E-state index contributed by atoms with van der Waals surface area (Å²) in [5.41, 5.74) is 1.50. The molecular formula is C18H24ClN3O2. The number of nitrogens with one attached hydrogen (secondary N) is 1. The third kappa shape index (κ3) is 3.68. The van der Waals surface area contributed by atoms with Crippen LogP contribution < -0.4 is 5.32 Å². The Bertz CT molecular complexity index is 605. The van der Waals surface area contributed by atoms with Crippen molar-refractivity contribution in [1.29, 1.82) is 5.26 Å². The van der Waals surface area contributed by atoms with Gasteiger partial charge in [0, 0.05) is 36.8 Å². The predicted molar refractivity (Wildman–Crippen MR) is 94.4 cm³/mol. The zero-order valence-electron chi connectivity index (χ0n) is 14.1. The second-order valence-electron chi connectivity index (χ2n) is 6.46. The van der Waals surface area contributed by atoms with Gasteiger partial charge in [0.15, 0.2) is 0 Å². The van der Waals surface area contributed by atoms with E-state index in [1.807, 2.05) is 19.1 Å². The lowest BCUT2D eigenvalue weighted by Gasteiger charge is -2.55. The van der Waals surface area contributed by atoms with Gasteiger partial charge in [-0.05, 0) is 38.0 Å². The van der Waals surface area contributed by atoms with Crippen LogP contribution in [0.25, 0.3) is 0 Å². The zero-order valence-corrected chi connectivity index (χ0v) is 14.8. The number of morpholine rings is 1. The third-order valence-electron chi connectivity index (χ3n) is 5.01. The van der Waals surface area contributed by atoms with E-state index < -0.39 is 0 Å². The van der Waals surface area contributed by atoms with E-state index in [1.54, 1.807) is 6.07 Å². The summed E-state index contributed by atoms with van der Waals surface area (Å²) in [7, 11) is 0. The Labute approximate surface area is 148 Å². The molecule has 2 fully saturated rings. The van der Waals surface area contributed by atoms with Crippen molar-refractivity contribution < 1.29 is 9.47 Å². The number of benzene rings is 1. The molecule has 1 N–H and O–H groups in total. The van der Waals surface area contributed by atoms with Gasteiger partial charge < -0.3 is 14.8 Å². The average molecular weight is 350 g/mol. The van der Waals surface area contributed by atoms with E-state index in [1.165, 1.54) is 0 Å². The van der Waals surface area contributed by atoms with Crippen LogP contribution >= 0.6 is 11.6 Å². The second kappa shape index (κ2) is 7.71. The molecule has 1 aliphatic carbocycles. The molecule has 0 aromatic heterocycles. The molecule has 0 atom stereocenters. The summed E-state index contributed by atoms with van der Waals surface area (Å²) < 4.78 is 11.3. The van der Waals surface area contributed by atoms with E-state index >= 15 is 0 Å². The molecule has 1 saturated heterocycles. The summed E-state index contributed by atoms with van der Waals surface area (Å²) >= 11 is 5.98. The molecule has 0 amide bonds. The van der Waals surface area contributed by atoms with Gasteiger partial charge in [0.05, 0.1) is 30.6 Å². The Hall–Kier alpha value is -1.32. The number of hydrogen-bond donors (Lipinski definition) is 1. The van der Waals surface area contributed by atoms with Gasteiger partial charge in [0.1, 0.15) is 6.07 Å². The molecule has 2 aliphatic rings. The molecular weight excluding hydrogens is 326 g/mol. The molecule has 0 radical (unpaired) electrons. The van der Waals surface area contributed by atoms with Gasteiger partial charge in [-0.1, -0.05) is 11.6 Å². The Balaban J connectivity index is 1.70. The molecule has 130 valence electrons. The van der Waals surface area contributed by atoms with Crippen LogP contribution in [-0.4, -0.2) is 56.0 Å². The fourth-order valence-corrected chi connectivity index (χ4v) is 3.89. The van der Waals surface area contributed by atoms with Gasteiger partial charge in [-0.2, -0.15) is 5.26 Å². The van der Waals surface area contributed by atoms with E-state index in [0.717, 1.165) is 58.0 Å². The summed E-state index contributed by atoms with van der Waals surface area (Å²) in [6.45, 7) is 7.06. The lowest BCUT2D eigenvalue weighted by molar-refractivity contribution is -0.121. The summed E-state index contributed by atoms with van der Waals surface area (Å²) in [5.74, 6) is 0. The van der Waals surface area contributed by atoms with Gasteiger partial charge in [-0.3, -0.25) is 4.90 Å². The van der Waals surface area contributed by atoms with Crippen LogP contribution in [0, 0.1) is 11.3 Å². The second-order valence-corrected chi connectivity index (χ2v) is 6.90. The van der Waals surface area contributed by atoms with Crippen molar-refractivity contribution >= 4 is 17.3 Å². The largest absolute Gasteiger partial charge is 0.382 e. The topological polar surface area (TPSA) is 57.5 Å². The van der Waals surface area contributed by atoms with Crippen molar-refractivity contribution in [2.24, 2.45) is 0 Å². The number of rotatable bonds is 6. The predicted octanol–water partition coefficient (Wildman–Crippen LogP) is 2.89. The monoisotopic (exact) mass is 349 g/mol. The summed E-state index contributed by atoms with van der Waals surface area (Å²) in [4.78, 5) is 2.51. The minimum absolute atomic E-state index is 0.0793. The van der Waals surface area contributed by atoms with Crippen molar-refractivity contribution in [2.45, 2.75) is 31.4 Å². The Morgan fingerprint density at radius 3 is 2.83 bits per heavy atom. The van der Waals surface area contributed by atoms with Gasteiger partial charge in [-0.15, -0.1) is 0 Å². The summed E-state index contributed by atoms with van der Waals surface area (Å²) in [6, 6.07) is 7.61. The van der Waals surface area contributed by atoms with E-state index in [4.69, 9.17) is 21.1 Å². The van der Waals surface area contributed by atoms with Gasteiger partial charge >= 0.3 is 0 Å². The highest BCUT2D eigenvalue weighted by atomic mass is 35.5. The zero-order chi connectivity index (χ0) is 17.0. The first kappa shape index (κ1) is 17.5. The first-order valence-electron chi connectivity index (χ1n) is 8.55. The molecule has 1 heterocycles. The summed E-state index contributed by atoms with van der Waals surface area (Å²) in [6.07, 6.45) is 2.37. The van der Waals surface area contributed by atoms with Crippen LogP contribution in [0.3, 0.4) is 0 Å². The maximum atomic E-state index is 9.31. The fraction of sp³-hybridized carbons (Fsp3) is 0.611. The van der Waals surface area contributed by atoms with E-state index in [9.17, 15) is 5.26 Å². The molecule has 1 aromatic carbocycles. The highest BCUT2D eigenvalue weighted by Gasteiger charge is 2.49. The molecule has 0 spiro atoms. The van der Waals surface area contributed by atoms with Gasteiger partial charge in [0.2, 0.25) is 0 Å². The Morgan fingerprint density at radius 2 is 2.17 bits per heavy atom. The van der Waals surface area contributed by atoms with Crippen molar-refractivity contribution in [3.8, 4) is 6.07 Å². The molecule has 5 nitrogen and oxygen atoms in total. The quantitative estimate of drug-likeness (QED) is 0.855.